The van der Waals surface area contributed by atoms with Crippen molar-refractivity contribution in [3.63, 3.8) is 0 Å². The highest BCUT2D eigenvalue weighted by atomic mass is 35.5. The first-order chi connectivity index (χ1) is 8.18. The average molecular weight is 259 g/mol. The first-order valence-electron chi connectivity index (χ1n) is 5.19. The van der Waals surface area contributed by atoms with Gasteiger partial charge in [0.1, 0.15) is 6.33 Å². The van der Waals surface area contributed by atoms with E-state index in [0.717, 1.165) is 19.4 Å². The summed E-state index contributed by atoms with van der Waals surface area (Å²) < 4.78 is 5.40. The van der Waals surface area contributed by atoms with E-state index in [1.807, 2.05) is 0 Å². The fraction of sp³-hybridized carbons (Fsp3) is 0.556. The van der Waals surface area contributed by atoms with Crippen LogP contribution < -0.4 is 5.32 Å². The summed E-state index contributed by atoms with van der Waals surface area (Å²) in [7, 11) is 0. The summed E-state index contributed by atoms with van der Waals surface area (Å²) in [5.41, 5.74) is -0.299. The van der Waals surface area contributed by atoms with Gasteiger partial charge in [-0.1, -0.05) is 11.6 Å². The topological polar surface area (TPSA) is 90.2 Å². The molecule has 7 nitrogen and oxygen atoms in total. The number of rotatable bonds is 4. The van der Waals surface area contributed by atoms with Gasteiger partial charge in [0.15, 0.2) is 0 Å². The van der Waals surface area contributed by atoms with Crippen molar-refractivity contribution in [2.75, 3.05) is 18.5 Å². The third kappa shape index (κ3) is 2.80. The molecule has 8 heteroatoms. The van der Waals surface area contributed by atoms with Crippen LogP contribution in [-0.2, 0) is 4.74 Å². The Morgan fingerprint density at radius 1 is 1.65 bits per heavy atom. The van der Waals surface area contributed by atoms with Crippen LogP contribution in [0.3, 0.4) is 0 Å². The number of anilines is 1. The summed E-state index contributed by atoms with van der Waals surface area (Å²) in [6, 6.07) is 0. The van der Waals surface area contributed by atoms with Gasteiger partial charge < -0.3 is 10.1 Å². The predicted octanol–water partition coefficient (Wildman–Crippen LogP) is 1.63. The number of hydrogen-bond acceptors (Lipinski definition) is 6. The van der Waals surface area contributed by atoms with Crippen molar-refractivity contribution in [3.05, 3.63) is 21.6 Å². The zero-order chi connectivity index (χ0) is 12.3. The van der Waals surface area contributed by atoms with Gasteiger partial charge in [-0.05, 0) is 12.8 Å². The van der Waals surface area contributed by atoms with Gasteiger partial charge in [-0.3, -0.25) is 10.1 Å². The lowest BCUT2D eigenvalue weighted by molar-refractivity contribution is -0.384. The fourth-order valence-electron chi connectivity index (χ4n) is 1.66. The Hall–Kier alpha value is -1.47. The van der Waals surface area contributed by atoms with E-state index in [2.05, 4.69) is 15.3 Å². The third-order valence-electron chi connectivity index (χ3n) is 2.48. The molecule has 1 saturated heterocycles. The molecule has 0 aromatic carbocycles. The van der Waals surface area contributed by atoms with E-state index in [-0.39, 0.29) is 22.8 Å². The smallest absolute Gasteiger partial charge is 0.348 e. The summed E-state index contributed by atoms with van der Waals surface area (Å²) in [4.78, 5) is 17.6. The molecule has 0 spiro atoms. The zero-order valence-corrected chi connectivity index (χ0v) is 9.68. The molecule has 1 unspecified atom stereocenters. The van der Waals surface area contributed by atoms with Crippen molar-refractivity contribution in [2.24, 2.45) is 0 Å². The Morgan fingerprint density at radius 3 is 3.12 bits per heavy atom. The summed E-state index contributed by atoms with van der Waals surface area (Å²) in [6.07, 6.45) is 3.22. The molecule has 1 atom stereocenters. The molecule has 1 aromatic heterocycles. The normalized spacial score (nSPS) is 19.2. The highest BCUT2D eigenvalue weighted by Gasteiger charge is 2.23. The molecular formula is C9H11ClN4O3. The molecule has 0 saturated carbocycles. The van der Waals surface area contributed by atoms with Crippen molar-refractivity contribution in [1.29, 1.82) is 0 Å². The maximum absolute atomic E-state index is 10.8. The Morgan fingerprint density at radius 2 is 2.47 bits per heavy atom. The van der Waals surface area contributed by atoms with Crippen LogP contribution in [0.15, 0.2) is 6.33 Å². The quantitative estimate of drug-likeness (QED) is 0.501. The summed E-state index contributed by atoms with van der Waals surface area (Å²) in [5.74, 6) is 0.130. The molecule has 17 heavy (non-hydrogen) atoms. The van der Waals surface area contributed by atoms with E-state index in [1.165, 1.54) is 6.33 Å². The number of hydrogen-bond donors (Lipinski definition) is 1. The van der Waals surface area contributed by atoms with E-state index in [4.69, 9.17) is 16.3 Å². The molecule has 92 valence electrons. The summed E-state index contributed by atoms with van der Waals surface area (Å²) in [5, 5.41) is 13.5. The minimum atomic E-state index is -0.597. The molecule has 0 bridgehead atoms. The fourth-order valence-corrected chi connectivity index (χ4v) is 1.87. The van der Waals surface area contributed by atoms with Crippen LogP contribution in [0.2, 0.25) is 5.15 Å². The third-order valence-corrected chi connectivity index (χ3v) is 2.76. The average Bonchev–Trinajstić information content (AvgIpc) is 2.78. The van der Waals surface area contributed by atoms with Crippen molar-refractivity contribution in [2.45, 2.75) is 18.9 Å². The van der Waals surface area contributed by atoms with Gasteiger partial charge in [-0.15, -0.1) is 0 Å². The molecule has 2 heterocycles. The molecule has 1 aromatic rings. The van der Waals surface area contributed by atoms with Crippen molar-refractivity contribution in [3.8, 4) is 0 Å². The highest BCUT2D eigenvalue weighted by Crippen LogP contribution is 2.28. The zero-order valence-electron chi connectivity index (χ0n) is 8.93. The second kappa shape index (κ2) is 5.24. The van der Waals surface area contributed by atoms with E-state index < -0.39 is 4.92 Å². The molecule has 0 amide bonds. The summed E-state index contributed by atoms with van der Waals surface area (Å²) >= 11 is 5.66. The van der Waals surface area contributed by atoms with Crippen molar-refractivity contribution >= 4 is 23.1 Å². The molecule has 1 aliphatic heterocycles. The Bertz CT molecular complexity index is 423. The van der Waals surface area contributed by atoms with Gasteiger partial charge >= 0.3 is 5.69 Å². The minimum absolute atomic E-state index is 0.0725. The summed E-state index contributed by atoms with van der Waals surface area (Å²) in [6.45, 7) is 1.22. The number of nitro groups is 1. The van der Waals surface area contributed by atoms with E-state index in [9.17, 15) is 10.1 Å². The number of nitrogens with zero attached hydrogens (tertiary/aromatic N) is 3. The number of nitrogens with one attached hydrogen (secondary N) is 1. The SMILES string of the molecule is O=[N+]([O-])c1c(Cl)ncnc1NCC1CCCO1. The lowest BCUT2D eigenvalue weighted by Crippen LogP contribution is -2.19. The van der Waals surface area contributed by atoms with Crippen LogP contribution in [-0.4, -0.2) is 34.1 Å². The van der Waals surface area contributed by atoms with E-state index >= 15 is 0 Å². The maximum Gasteiger partial charge on any atom is 0.348 e. The predicted molar refractivity (Wildman–Crippen MR) is 61.2 cm³/mol. The largest absolute Gasteiger partial charge is 0.376 e. The van der Waals surface area contributed by atoms with E-state index in [1.54, 1.807) is 0 Å². The minimum Gasteiger partial charge on any atom is -0.376 e. The van der Waals surface area contributed by atoms with E-state index in [0.29, 0.717) is 6.54 Å². The Labute approximate surface area is 102 Å². The Kier molecular flexibility index (Phi) is 3.70. The lowest BCUT2D eigenvalue weighted by atomic mass is 10.2. The number of aromatic nitrogens is 2. The molecule has 1 aliphatic rings. The monoisotopic (exact) mass is 258 g/mol. The van der Waals surface area contributed by atoms with Crippen LogP contribution in [0.4, 0.5) is 11.5 Å². The van der Waals surface area contributed by atoms with Gasteiger partial charge in [0.2, 0.25) is 11.0 Å². The molecule has 0 radical (unpaired) electrons. The first kappa shape index (κ1) is 12.0. The van der Waals surface area contributed by atoms with Gasteiger partial charge in [0.05, 0.1) is 11.0 Å². The second-order valence-electron chi connectivity index (χ2n) is 3.63. The molecule has 2 rings (SSSR count). The van der Waals surface area contributed by atoms with Gasteiger partial charge in [-0.25, -0.2) is 9.97 Å². The molecule has 0 aliphatic carbocycles. The van der Waals surface area contributed by atoms with Crippen molar-refractivity contribution in [1.82, 2.24) is 9.97 Å². The van der Waals surface area contributed by atoms with Crippen LogP contribution >= 0.6 is 11.6 Å². The highest BCUT2D eigenvalue weighted by molar-refractivity contribution is 6.31. The van der Waals surface area contributed by atoms with Crippen LogP contribution in [0, 0.1) is 10.1 Å². The molecule has 1 N–H and O–H groups in total. The van der Waals surface area contributed by atoms with Gasteiger partial charge in [0.25, 0.3) is 0 Å². The van der Waals surface area contributed by atoms with Crippen LogP contribution in [0.25, 0.3) is 0 Å². The van der Waals surface area contributed by atoms with Crippen LogP contribution in [0.1, 0.15) is 12.8 Å². The van der Waals surface area contributed by atoms with Gasteiger partial charge in [-0.2, -0.15) is 0 Å². The Balaban J connectivity index is 2.09. The van der Waals surface area contributed by atoms with Crippen molar-refractivity contribution < 1.29 is 9.66 Å². The lowest BCUT2D eigenvalue weighted by Gasteiger charge is -2.11. The standard InChI is InChI=1S/C9H11ClN4O3/c10-8-7(14(15)16)9(13-5-12-8)11-4-6-2-1-3-17-6/h5-6H,1-4H2,(H,11,12,13). The number of ether oxygens (including phenoxy) is 1. The first-order valence-corrected chi connectivity index (χ1v) is 5.56. The van der Waals surface area contributed by atoms with Gasteiger partial charge in [0, 0.05) is 13.2 Å². The maximum atomic E-state index is 10.8. The number of halogens is 1. The second-order valence-corrected chi connectivity index (χ2v) is 3.99. The van der Waals surface area contributed by atoms with Crippen LogP contribution in [0.5, 0.6) is 0 Å². The molecule has 1 fully saturated rings. The molecular weight excluding hydrogens is 248 g/mol.